The van der Waals surface area contributed by atoms with Crippen molar-refractivity contribution in [2.24, 2.45) is 0 Å². The van der Waals surface area contributed by atoms with Crippen LogP contribution in [0.4, 0.5) is 19.1 Å². The van der Waals surface area contributed by atoms with Gasteiger partial charge < -0.3 is 15.4 Å². The molecule has 1 amide bonds. The number of hydrogen-bond donors (Lipinski definition) is 1. The van der Waals surface area contributed by atoms with E-state index in [1.54, 1.807) is 11.1 Å². The Kier molecular flexibility index (Phi) is 4.94. The molecule has 0 radical (unpaired) electrons. The van der Waals surface area contributed by atoms with Gasteiger partial charge >= 0.3 is 6.18 Å². The number of likely N-dealkylation sites (tertiary alicyclic amines) is 1. The van der Waals surface area contributed by atoms with Crippen molar-refractivity contribution in [2.75, 3.05) is 25.4 Å². The average molecular weight is 406 g/mol. The summed E-state index contributed by atoms with van der Waals surface area (Å²) in [5, 5.41) is 0. The molecule has 3 heterocycles. The minimum atomic E-state index is -4.38. The number of rotatable bonds is 2. The van der Waals surface area contributed by atoms with Crippen LogP contribution in [0.3, 0.4) is 0 Å². The first kappa shape index (κ1) is 19.6. The summed E-state index contributed by atoms with van der Waals surface area (Å²) in [7, 11) is 0. The van der Waals surface area contributed by atoms with E-state index in [1.165, 1.54) is 12.1 Å². The number of nitrogen functional groups attached to an aromatic ring is 1. The first-order chi connectivity index (χ1) is 13.8. The zero-order valence-corrected chi connectivity index (χ0v) is 15.7. The smallest absolute Gasteiger partial charge is 0.368 e. The molecule has 2 aliphatic heterocycles. The van der Waals surface area contributed by atoms with Crippen LogP contribution in [0.2, 0.25) is 0 Å². The zero-order valence-electron chi connectivity index (χ0n) is 15.7. The Balaban J connectivity index is 1.41. The van der Waals surface area contributed by atoms with Crippen molar-refractivity contribution >= 4 is 11.9 Å². The van der Waals surface area contributed by atoms with Crippen molar-refractivity contribution in [3.05, 3.63) is 52.8 Å². The molecule has 29 heavy (non-hydrogen) atoms. The number of amides is 1. The Morgan fingerprint density at radius 3 is 2.55 bits per heavy atom. The van der Waals surface area contributed by atoms with Crippen molar-refractivity contribution < 1.29 is 22.7 Å². The van der Waals surface area contributed by atoms with Crippen LogP contribution in [-0.2, 0) is 34.2 Å². The highest BCUT2D eigenvalue weighted by molar-refractivity contribution is 5.79. The van der Waals surface area contributed by atoms with E-state index in [0.29, 0.717) is 38.1 Å². The third kappa shape index (κ3) is 3.91. The molecule has 9 heteroatoms. The summed E-state index contributed by atoms with van der Waals surface area (Å²) in [5.41, 5.74) is 6.87. The molecule has 1 spiro atoms. The number of ether oxygens (including phenoxy) is 1. The number of nitrogens with two attached hydrogens (primary N) is 1. The van der Waals surface area contributed by atoms with E-state index in [2.05, 4.69) is 9.97 Å². The first-order valence-electron chi connectivity index (χ1n) is 9.47. The summed E-state index contributed by atoms with van der Waals surface area (Å²) in [6.07, 6.45) is -0.660. The number of benzene rings is 1. The molecule has 0 bridgehead atoms. The number of carbonyl (C=O) groups excluding carboxylic acids is 1. The number of hydrogen-bond acceptors (Lipinski definition) is 5. The average Bonchev–Trinajstić information content (AvgIpc) is 2.69. The van der Waals surface area contributed by atoms with Crippen molar-refractivity contribution in [1.29, 1.82) is 0 Å². The van der Waals surface area contributed by atoms with Crippen LogP contribution in [0.1, 0.15) is 35.2 Å². The van der Waals surface area contributed by atoms with Crippen LogP contribution in [0, 0.1) is 0 Å². The van der Waals surface area contributed by atoms with E-state index in [9.17, 15) is 18.0 Å². The quantitative estimate of drug-likeness (QED) is 0.830. The van der Waals surface area contributed by atoms with Crippen LogP contribution in [-0.4, -0.2) is 40.5 Å². The number of fused-ring (bicyclic) bond motifs is 2. The Labute approximate surface area is 165 Å². The maximum Gasteiger partial charge on any atom is 0.416 e. The molecular formula is C20H21F3N4O2. The lowest BCUT2D eigenvalue weighted by Crippen LogP contribution is -2.49. The van der Waals surface area contributed by atoms with Crippen molar-refractivity contribution in [1.82, 2.24) is 14.9 Å². The fraction of sp³-hybridized carbons (Fsp3) is 0.450. The van der Waals surface area contributed by atoms with E-state index in [1.807, 2.05) is 0 Å². The predicted molar refractivity (Wildman–Crippen MR) is 98.7 cm³/mol. The summed E-state index contributed by atoms with van der Waals surface area (Å²) >= 11 is 0. The van der Waals surface area contributed by atoms with Crippen molar-refractivity contribution in [3.63, 3.8) is 0 Å². The normalized spacial score (nSPS) is 18.5. The summed E-state index contributed by atoms with van der Waals surface area (Å²) in [4.78, 5) is 22.8. The molecule has 0 unspecified atom stereocenters. The summed E-state index contributed by atoms with van der Waals surface area (Å²) in [6, 6.07) is 4.72. The monoisotopic (exact) mass is 406 g/mol. The molecule has 1 aromatic carbocycles. The van der Waals surface area contributed by atoms with Gasteiger partial charge in [-0.3, -0.25) is 4.79 Å². The molecule has 4 rings (SSSR count). The second-order valence-corrected chi connectivity index (χ2v) is 7.45. The van der Waals surface area contributed by atoms with Crippen LogP contribution in [0.15, 0.2) is 30.5 Å². The minimum absolute atomic E-state index is 0.0672. The minimum Gasteiger partial charge on any atom is -0.368 e. The molecule has 1 aromatic heterocycles. The maximum absolute atomic E-state index is 12.7. The fourth-order valence-electron chi connectivity index (χ4n) is 4.02. The molecule has 2 aromatic rings. The van der Waals surface area contributed by atoms with Gasteiger partial charge in [-0.05, 0) is 42.5 Å². The van der Waals surface area contributed by atoms with E-state index >= 15 is 0 Å². The SMILES string of the molecule is Nc1ncc2c(n1)C1(CCN(C(=O)Cc3ccc(C(F)(F)F)cc3)CC1)OCC2. The van der Waals surface area contributed by atoms with Crippen molar-refractivity contribution in [2.45, 2.75) is 37.5 Å². The van der Waals surface area contributed by atoms with Crippen LogP contribution in [0.25, 0.3) is 0 Å². The van der Waals surface area contributed by atoms with E-state index in [4.69, 9.17) is 10.5 Å². The molecule has 2 aliphatic rings. The Morgan fingerprint density at radius 1 is 1.21 bits per heavy atom. The molecular weight excluding hydrogens is 385 g/mol. The molecule has 6 nitrogen and oxygen atoms in total. The Morgan fingerprint density at radius 2 is 1.90 bits per heavy atom. The summed E-state index contributed by atoms with van der Waals surface area (Å²) in [6.45, 7) is 1.55. The molecule has 1 fully saturated rings. The maximum atomic E-state index is 12.7. The molecule has 154 valence electrons. The highest BCUT2D eigenvalue weighted by atomic mass is 19.4. The second-order valence-electron chi connectivity index (χ2n) is 7.45. The first-order valence-corrected chi connectivity index (χ1v) is 9.47. The molecule has 0 aliphatic carbocycles. The number of alkyl halides is 3. The highest BCUT2D eigenvalue weighted by Crippen LogP contribution is 2.40. The lowest BCUT2D eigenvalue weighted by molar-refractivity contribution is -0.140. The predicted octanol–water partition coefficient (Wildman–Crippen LogP) is 2.71. The standard InChI is InChI=1S/C20H21F3N4O2/c21-20(22,23)15-3-1-13(2-4-15)11-16(28)27-8-6-19(7-9-27)17-14(5-10-29-19)12-25-18(24)26-17/h1-4,12H,5-11H2,(H2,24,25,26). The van der Waals surface area contributed by atoms with Gasteiger partial charge in [-0.15, -0.1) is 0 Å². The van der Waals surface area contributed by atoms with Crippen LogP contribution < -0.4 is 5.73 Å². The summed E-state index contributed by atoms with van der Waals surface area (Å²) in [5.74, 6) is 0.0901. The van der Waals surface area contributed by atoms with Crippen LogP contribution in [0.5, 0.6) is 0 Å². The number of piperidine rings is 1. The van der Waals surface area contributed by atoms with Gasteiger partial charge in [0.15, 0.2) is 0 Å². The van der Waals surface area contributed by atoms with Gasteiger partial charge in [0.05, 0.1) is 24.3 Å². The number of halogens is 3. The van der Waals surface area contributed by atoms with E-state index in [-0.39, 0.29) is 18.3 Å². The number of aromatic nitrogens is 2. The molecule has 1 saturated heterocycles. The third-order valence-electron chi connectivity index (χ3n) is 5.62. The molecule has 0 saturated carbocycles. The fourth-order valence-corrected chi connectivity index (χ4v) is 4.02. The van der Waals surface area contributed by atoms with Gasteiger partial charge in [-0.1, -0.05) is 12.1 Å². The van der Waals surface area contributed by atoms with Gasteiger partial charge in [0.1, 0.15) is 5.60 Å². The second kappa shape index (κ2) is 7.29. The number of carbonyl (C=O) groups is 1. The van der Waals surface area contributed by atoms with Crippen molar-refractivity contribution in [3.8, 4) is 0 Å². The lowest BCUT2D eigenvalue weighted by Gasteiger charge is -2.44. The third-order valence-corrected chi connectivity index (χ3v) is 5.62. The summed E-state index contributed by atoms with van der Waals surface area (Å²) < 4.78 is 44.1. The Bertz CT molecular complexity index is 907. The highest BCUT2D eigenvalue weighted by Gasteiger charge is 2.43. The largest absolute Gasteiger partial charge is 0.416 e. The lowest BCUT2D eigenvalue weighted by atomic mass is 9.83. The van der Waals surface area contributed by atoms with Gasteiger partial charge in [0, 0.05) is 19.3 Å². The molecule has 0 atom stereocenters. The van der Waals surface area contributed by atoms with E-state index in [0.717, 1.165) is 29.8 Å². The van der Waals surface area contributed by atoms with Gasteiger partial charge in [-0.2, -0.15) is 13.2 Å². The molecule has 2 N–H and O–H groups in total. The van der Waals surface area contributed by atoms with Crippen LogP contribution >= 0.6 is 0 Å². The topological polar surface area (TPSA) is 81.3 Å². The van der Waals surface area contributed by atoms with E-state index < -0.39 is 17.3 Å². The Hall–Kier alpha value is -2.68. The number of anilines is 1. The zero-order chi connectivity index (χ0) is 20.6. The number of nitrogens with zero attached hydrogens (tertiary/aromatic N) is 3. The van der Waals surface area contributed by atoms with Gasteiger partial charge in [0.2, 0.25) is 11.9 Å². The van der Waals surface area contributed by atoms with Gasteiger partial charge in [-0.25, -0.2) is 9.97 Å². The van der Waals surface area contributed by atoms with Gasteiger partial charge in [0.25, 0.3) is 0 Å².